The minimum atomic E-state index is 0.358. The Balaban J connectivity index is 2.08. The van der Waals surface area contributed by atoms with Gasteiger partial charge < -0.3 is 5.11 Å². The maximum absolute atomic E-state index is 9.09. The summed E-state index contributed by atoms with van der Waals surface area (Å²) in [4.78, 5) is 2.48. The van der Waals surface area contributed by atoms with Crippen molar-refractivity contribution < 1.29 is 5.11 Å². The van der Waals surface area contributed by atoms with Crippen LogP contribution in [0.5, 0.6) is 0 Å². The van der Waals surface area contributed by atoms with Crippen LogP contribution in [0.1, 0.15) is 26.2 Å². The summed E-state index contributed by atoms with van der Waals surface area (Å²) in [6, 6.07) is 1.21. The van der Waals surface area contributed by atoms with Gasteiger partial charge in [0.1, 0.15) is 0 Å². The second-order valence-electron chi connectivity index (χ2n) is 3.94. The van der Waals surface area contributed by atoms with Crippen LogP contribution in [0.2, 0.25) is 0 Å². The molecule has 2 fully saturated rings. The monoisotopic (exact) mass is 155 g/mol. The fourth-order valence-electron chi connectivity index (χ4n) is 2.70. The highest BCUT2D eigenvalue weighted by atomic mass is 16.3. The average molecular weight is 155 g/mol. The zero-order valence-electron chi connectivity index (χ0n) is 7.16. The molecule has 0 aromatic heterocycles. The van der Waals surface area contributed by atoms with E-state index in [2.05, 4.69) is 11.8 Å². The van der Waals surface area contributed by atoms with Crippen molar-refractivity contribution in [3.63, 3.8) is 0 Å². The van der Waals surface area contributed by atoms with Crippen molar-refractivity contribution in [3.05, 3.63) is 0 Å². The van der Waals surface area contributed by atoms with Gasteiger partial charge in [0.05, 0.1) is 6.61 Å². The lowest BCUT2D eigenvalue weighted by Crippen LogP contribution is -2.44. The molecule has 2 saturated heterocycles. The summed E-state index contributed by atoms with van der Waals surface area (Å²) in [6.45, 7) is 3.88. The zero-order valence-corrected chi connectivity index (χ0v) is 7.16. The molecule has 0 radical (unpaired) electrons. The molecule has 0 aromatic carbocycles. The predicted octanol–water partition coefficient (Wildman–Crippen LogP) is 0.851. The van der Waals surface area contributed by atoms with E-state index < -0.39 is 0 Å². The summed E-state index contributed by atoms with van der Waals surface area (Å²) in [6.07, 6.45) is 3.91. The van der Waals surface area contributed by atoms with Gasteiger partial charge in [0.25, 0.3) is 0 Å². The predicted molar refractivity (Wildman–Crippen MR) is 44.4 cm³/mol. The van der Waals surface area contributed by atoms with E-state index in [0.29, 0.717) is 12.6 Å². The number of rotatable bonds is 1. The van der Waals surface area contributed by atoms with Crippen molar-refractivity contribution in [1.82, 2.24) is 4.90 Å². The van der Waals surface area contributed by atoms with Crippen LogP contribution in [0, 0.1) is 5.92 Å². The topological polar surface area (TPSA) is 23.5 Å². The molecule has 0 aromatic rings. The molecule has 2 rings (SSSR count). The minimum Gasteiger partial charge on any atom is -0.395 e. The van der Waals surface area contributed by atoms with Gasteiger partial charge in [-0.2, -0.15) is 0 Å². The fraction of sp³-hybridized carbons (Fsp3) is 1.00. The molecule has 2 aliphatic heterocycles. The van der Waals surface area contributed by atoms with Gasteiger partial charge in [0.2, 0.25) is 0 Å². The number of piperidine rings is 1. The number of hydrogen-bond donors (Lipinski definition) is 1. The first-order chi connectivity index (χ1) is 5.33. The summed E-state index contributed by atoms with van der Waals surface area (Å²) in [5.41, 5.74) is 0. The van der Waals surface area contributed by atoms with Crippen LogP contribution in [0.3, 0.4) is 0 Å². The summed E-state index contributed by atoms with van der Waals surface area (Å²) < 4.78 is 0. The number of aliphatic hydroxyl groups excluding tert-OH is 1. The van der Waals surface area contributed by atoms with E-state index in [0.717, 1.165) is 12.0 Å². The number of nitrogens with zero attached hydrogens (tertiary/aromatic N) is 1. The Kier molecular flexibility index (Phi) is 1.90. The van der Waals surface area contributed by atoms with Crippen LogP contribution >= 0.6 is 0 Å². The van der Waals surface area contributed by atoms with E-state index in [9.17, 15) is 0 Å². The lowest BCUT2D eigenvalue weighted by molar-refractivity contribution is 0.0721. The Hall–Kier alpha value is -0.0800. The molecule has 2 nitrogen and oxygen atoms in total. The Bertz CT molecular complexity index is 148. The van der Waals surface area contributed by atoms with Gasteiger partial charge in [0.15, 0.2) is 0 Å². The molecular weight excluding hydrogens is 138 g/mol. The Morgan fingerprint density at radius 3 is 2.91 bits per heavy atom. The van der Waals surface area contributed by atoms with E-state index in [1.165, 1.54) is 25.8 Å². The fourth-order valence-corrected chi connectivity index (χ4v) is 2.70. The van der Waals surface area contributed by atoms with Gasteiger partial charge in [-0.3, -0.25) is 4.90 Å². The molecule has 2 bridgehead atoms. The molecule has 4 unspecified atom stereocenters. The van der Waals surface area contributed by atoms with Crippen LogP contribution in [-0.4, -0.2) is 35.2 Å². The summed E-state index contributed by atoms with van der Waals surface area (Å²) in [5, 5.41) is 9.09. The third-order valence-corrected chi connectivity index (χ3v) is 3.51. The standard InChI is InChI=1S/C9H17NO/c1-7-8-2-3-9(6-11)10(7)5-4-8/h7-9,11H,2-6H2,1H3. The highest BCUT2D eigenvalue weighted by Crippen LogP contribution is 2.35. The van der Waals surface area contributed by atoms with Gasteiger partial charge in [-0.1, -0.05) is 0 Å². The van der Waals surface area contributed by atoms with E-state index in [1.807, 2.05) is 0 Å². The largest absolute Gasteiger partial charge is 0.395 e. The van der Waals surface area contributed by atoms with Crippen LogP contribution in [0.25, 0.3) is 0 Å². The Morgan fingerprint density at radius 2 is 2.18 bits per heavy atom. The van der Waals surface area contributed by atoms with Crippen molar-refractivity contribution in [3.8, 4) is 0 Å². The Morgan fingerprint density at radius 1 is 1.36 bits per heavy atom. The lowest BCUT2D eigenvalue weighted by Gasteiger charge is -2.36. The van der Waals surface area contributed by atoms with Gasteiger partial charge in [-0.05, 0) is 38.6 Å². The van der Waals surface area contributed by atoms with E-state index in [-0.39, 0.29) is 0 Å². The Labute approximate surface area is 68.2 Å². The van der Waals surface area contributed by atoms with Gasteiger partial charge in [0, 0.05) is 12.1 Å². The van der Waals surface area contributed by atoms with Gasteiger partial charge in [-0.15, -0.1) is 0 Å². The van der Waals surface area contributed by atoms with Crippen LogP contribution in [-0.2, 0) is 0 Å². The molecule has 0 aliphatic carbocycles. The molecule has 4 atom stereocenters. The van der Waals surface area contributed by atoms with E-state index in [4.69, 9.17) is 5.11 Å². The summed E-state index contributed by atoms with van der Waals surface area (Å²) in [5.74, 6) is 0.929. The quantitative estimate of drug-likeness (QED) is 0.607. The average Bonchev–Trinajstić information content (AvgIpc) is 2.31. The number of fused-ring (bicyclic) bond motifs is 2. The van der Waals surface area contributed by atoms with Crippen molar-refractivity contribution >= 4 is 0 Å². The van der Waals surface area contributed by atoms with Gasteiger partial charge >= 0.3 is 0 Å². The third-order valence-electron chi connectivity index (χ3n) is 3.51. The van der Waals surface area contributed by atoms with Crippen molar-refractivity contribution in [2.45, 2.75) is 38.3 Å². The van der Waals surface area contributed by atoms with Crippen molar-refractivity contribution in [1.29, 1.82) is 0 Å². The number of aliphatic hydroxyl groups is 1. The SMILES string of the molecule is CC1C2CCC(CO)N1CC2. The van der Waals surface area contributed by atoms with Gasteiger partial charge in [-0.25, -0.2) is 0 Å². The molecule has 64 valence electrons. The van der Waals surface area contributed by atoms with Crippen LogP contribution in [0.15, 0.2) is 0 Å². The van der Waals surface area contributed by atoms with E-state index >= 15 is 0 Å². The first-order valence-corrected chi connectivity index (χ1v) is 4.69. The molecule has 1 N–H and O–H groups in total. The molecule has 0 saturated carbocycles. The molecule has 11 heavy (non-hydrogen) atoms. The molecule has 0 amide bonds. The first-order valence-electron chi connectivity index (χ1n) is 4.69. The summed E-state index contributed by atoms with van der Waals surface area (Å²) in [7, 11) is 0. The second kappa shape index (κ2) is 2.76. The van der Waals surface area contributed by atoms with Crippen LogP contribution in [0.4, 0.5) is 0 Å². The molecule has 0 spiro atoms. The normalized spacial score (nSPS) is 49.6. The molecule has 2 heteroatoms. The number of hydrogen-bond acceptors (Lipinski definition) is 2. The minimum absolute atomic E-state index is 0.358. The van der Waals surface area contributed by atoms with Crippen molar-refractivity contribution in [2.75, 3.05) is 13.2 Å². The highest BCUT2D eigenvalue weighted by molar-refractivity contribution is 4.93. The van der Waals surface area contributed by atoms with Crippen molar-refractivity contribution in [2.24, 2.45) is 5.92 Å². The smallest absolute Gasteiger partial charge is 0.0586 e. The first kappa shape index (κ1) is 7.56. The molecule has 2 aliphatic rings. The third kappa shape index (κ3) is 1.09. The molecular formula is C9H17NO. The zero-order chi connectivity index (χ0) is 7.84. The lowest BCUT2D eigenvalue weighted by atomic mass is 9.90. The maximum Gasteiger partial charge on any atom is 0.0586 e. The maximum atomic E-state index is 9.09. The highest BCUT2D eigenvalue weighted by Gasteiger charge is 2.38. The summed E-state index contributed by atoms with van der Waals surface area (Å²) >= 11 is 0. The van der Waals surface area contributed by atoms with E-state index in [1.54, 1.807) is 0 Å². The second-order valence-corrected chi connectivity index (χ2v) is 3.94. The van der Waals surface area contributed by atoms with Crippen LogP contribution < -0.4 is 0 Å². The molecule has 2 heterocycles.